The third-order valence-electron chi connectivity index (χ3n) is 5.39. The van der Waals surface area contributed by atoms with Gasteiger partial charge in [-0.15, -0.1) is 11.8 Å². The molecule has 3 heterocycles. The highest BCUT2D eigenvalue weighted by molar-refractivity contribution is 7.99. The molecule has 0 spiro atoms. The first-order valence-electron chi connectivity index (χ1n) is 8.90. The molecule has 2 aliphatic rings. The zero-order valence-electron chi connectivity index (χ0n) is 14.7. The molecule has 1 amide bonds. The van der Waals surface area contributed by atoms with Gasteiger partial charge < -0.3 is 19.1 Å². The van der Waals surface area contributed by atoms with E-state index in [-0.39, 0.29) is 18.1 Å². The molecule has 4 rings (SSSR count). The average molecular weight is 377 g/mol. The van der Waals surface area contributed by atoms with E-state index in [9.17, 15) is 9.90 Å². The first-order valence-corrected chi connectivity index (χ1v) is 10.1. The maximum absolute atomic E-state index is 12.5. The number of imidazole rings is 1. The predicted molar refractivity (Wildman–Crippen MR) is 95.3 cm³/mol. The molecule has 8 nitrogen and oxygen atoms in total. The van der Waals surface area contributed by atoms with Crippen molar-refractivity contribution in [3.8, 4) is 0 Å². The number of hydrogen-bond acceptors (Lipinski definition) is 7. The quantitative estimate of drug-likeness (QED) is 0.838. The fraction of sp³-hybridized carbons (Fsp3) is 0.647. The van der Waals surface area contributed by atoms with Gasteiger partial charge in [0, 0.05) is 25.5 Å². The average Bonchev–Trinajstić information content (AvgIpc) is 3.34. The van der Waals surface area contributed by atoms with Crippen molar-refractivity contribution in [1.82, 2.24) is 24.6 Å². The van der Waals surface area contributed by atoms with Crippen LogP contribution in [0.1, 0.15) is 30.6 Å². The molecule has 2 aromatic heterocycles. The standard InChI is InChI=1S/C17H23N5O3S/c1-11-19-16(25-20-11)8-26-9-17(24)22-6-12-4-14(21-3-2-18-10-21)15(23)5-13(12)7-22/h2-3,10,12-15,23H,4-9H2,1H3/t12-,13+,14-,15-/m1/s1. The number of aromatic nitrogens is 4. The van der Waals surface area contributed by atoms with Gasteiger partial charge in [0.2, 0.25) is 11.8 Å². The Hall–Kier alpha value is -1.87. The summed E-state index contributed by atoms with van der Waals surface area (Å²) in [6.07, 6.45) is 6.66. The van der Waals surface area contributed by atoms with Gasteiger partial charge in [0.05, 0.1) is 30.0 Å². The molecule has 9 heteroatoms. The second-order valence-corrected chi connectivity index (χ2v) is 8.15. The molecule has 140 valence electrons. The summed E-state index contributed by atoms with van der Waals surface area (Å²) in [5.41, 5.74) is 0. The largest absolute Gasteiger partial charge is 0.391 e. The highest BCUT2D eigenvalue weighted by Crippen LogP contribution is 2.41. The van der Waals surface area contributed by atoms with Gasteiger partial charge in [0.1, 0.15) is 0 Å². The number of thioether (sulfide) groups is 1. The summed E-state index contributed by atoms with van der Waals surface area (Å²) < 4.78 is 7.06. The summed E-state index contributed by atoms with van der Waals surface area (Å²) >= 11 is 1.50. The van der Waals surface area contributed by atoms with Gasteiger partial charge in [0.25, 0.3) is 0 Å². The summed E-state index contributed by atoms with van der Waals surface area (Å²) in [5.74, 6) is 3.11. The molecule has 0 unspecified atom stereocenters. The van der Waals surface area contributed by atoms with Crippen LogP contribution in [0.5, 0.6) is 0 Å². The van der Waals surface area contributed by atoms with Gasteiger partial charge in [-0.3, -0.25) is 4.79 Å². The molecule has 1 saturated carbocycles. The number of rotatable bonds is 5. The Morgan fingerprint density at radius 1 is 1.38 bits per heavy atom. The van der Waals surface area contributed by atoms with E-state index in [1.54, 1.807) is 19.4 Å². The molecule has 0 bridgehead atoms. The number of carbonyl (C=O) groups is 1. The number of nitrogens with zero attached hydrogens (tertiary/aromatic N) is 5. The van der Waals surface area contributed by atoms with Crippen molar-refractivity contribution in [1.29, 1.82) is 0 Å². The molecule has 1 N–H and O–H groups in total. The van der Waals surface area contributed by atoms with Crippen LogP contribution in [0.3, 0.4) is 0 Å². The smallest absolute Gasteiger partial charge is 0.236 e. The minimum atomic E-state index is -0.379. The molecule has 2 aromatic rings. The zero-order valence-corrected chi connectivity index (χ0v) is 15.5. The molecule has 1 aliphatic heterocycles. The molecule has 0 aromatic carbocycles. The molecular formula is C17H23N5O3S. The number of carbonyl (C=O) groups excluding carboxylic acids is 1. The highest BCUT2D eigenvalue weighted by atomic mass is 32.2. The number of aliphatic hydroxyl groups is 1. The topological polar surface area (TPSA) is 97.3 Å². The minimum Gasteiger partial charge on any atom is -0.391 e. The number of hydrogen-bond donors (Lipinski definition) is 1. The number of likely N-dealkylation sites (tertiary alicyclic amines) is 1. The lowest BCUT2D eigenvalue weighted by molar-refractivity contribution is -0.127. The van der Waals surface area contributed by atoms with Crippen molar-refractivity contribution in [3.63, 3.8) is 0 Å². The van der Waals surface area contributed by atoms with Crippen molar-refractivity contribution >= 4 is 17.7 Å². The summed E-state index contributed by atoms with van der Waals surface area (Å²) in [6.45, 7) is 3.30. The summed E-state index contributed by atoms with van der Waals surface area (Å²) in [7, 11) is 0. The number of aliphatic hydroxyl groups excluding tert-OH is 1. The van der Waals surface area contributed by atoms with Crippen LogP contribution in [0.2, 0.25) is 0 Å². The lowest BCUT2D eigenvalue weighted by Gasteiger charge is -2.35. The maximum atomic E-state index is 12.5. The third kappa shape index (κ3) is 3.64. The Bertz CT molecular complexity index is 749. The van der Waals surface area contributed by atoms with Crippen molar-refractivity contribution in [2.75, 3.05) is 18.8 Å². The van der Waals surface area contributed by atoms with Crippen molar-refractivity contribution in [3.05, 3.63) is 30.4 Å². The molecule has 4 atom stereocenters. The number of amides is 1. The molecule has 1 aliphatic carbocycles. The van der Waals surface area contributed by atoms with Crippen LogP contribution in [-0.2, 0) is 10.5 Å². The third-order valence-corrected chi connectivity index (χ3v) is 6.29. The lowest BCUT2D eigenvalue weighted by atomic mass is 9.77. The lowest BCUT2D eigenvalue weighted by Crippen LogP contribution is -2.35. The first kappa shape index (κ1) is 17.5. The summed E-state index contributed by atoms with van der Waals surface area (Å²) in [6, 6.07) is 0.0592. The van der Waals surface area contributed by atoms with Crippen LogP contribution >= 0.6 is 11.8 Å². The Morgan fingerprint density at radius 2 is 2.19 bits per heavy atom. The van der Waals surface area contributed by atoms with E-state index in [1.807, 2.05) is 15.7 Å². The van der Waals surface area contributed by atoms with Crippen molar-refractivity contribution in [2.24, 2.45) is 11.8 Å². The highest BCUT2D eigenvalue weighted by Gasteiger charge is 2.43. The van der Waals surface area contributed by atoms with Crippen molar-refractivity contribution < 1.29 is 14.4 Å². The Kier molecular flexibility index (Phi) is 4.99. The van der Waals surface area contributed by atoms with E-state index in [0.717, 1.165) is 25.9 Å². The fourth-order valence-corrected chi connectivity index (χ4v) is 4.86. The van der Waals surface area contributed by atoms with Gasteiger partial charge in [-0.1, -0.05) is 5.16 Å². The van der Waals surface area contributed by atoms with E-state index in [1.165, 1.54) is 11.8 Å². The summed E-state index contributed by atoms with van der Waals surface area (Å²) in [4.78, 5) is 22.7. The normalized spacial score (nSPS) is 28.3. The molecule has 0 radical (unpaired) electrons. The van der Waals surface area contributed by atoms with Gasteiger partial charge in [-0.05, 0) is 31.6 Å². The minimum absolute atomic E-state index is 0.0592. The zero-order chi connectivity index (χ0) is 18.1. The maximum Gasteiger partial charge on any atom is 0.236 e. The van der Waals surface area contributed by atoms with Crippen molar-refractivity contribution in [2.45, 2.75) is 37.7 Å². The molecular weight excluding hydrogens is 354 g/mol. The molecule has 2 fully saturated rings. The van der Waals surface area contributed by atoms with Crippen LogP contribution < -0.4 is 0 Å². The van der Waals surface area contributed by atoms with Crippen LogP contribution in [-0.4, -0.2) is 60.6 Å². The van der Waals surface area contributed by atoms with Gasteiger partial charge >= 0.3 is 0 Å². The molecule has 26 heavy (non-hydrogen) atoms. The van der Waals surface area contributed by atoms with Gasteiger partial charge in [-0.25, -0.2) is 4.98 Å². The van der Waals surface area contributed by atoms with E-state index in [4.69, 9.17) is 4.52 Å². The molecule has 1 saturated heterocycles. The van der Waals surface area contributed by atoms with Gasteiger partial charge in [-0.2, -0.15) is 4.98 Å². The van der Waals surface area contributed by atoms with Crippen LogP contribution in [0.25, 0.3) is 0 Å². The van der Waals surface area contributed by atoms with Crippen LogP contribution in [0.15, 0.2) is 23.2 Å². The predicted octanol–water partition coefficient (Wildman–Crippen LogP) is 1.28. The number of fused-ring (bicyclic) bond motifs is 1. The van der Waals surface area contributed by atoms with Gasteiger partial charge in [0.15, 0.2) is 5.82 Å². The Balaban J connectivity index is 1.29. The van der Waals surface area contributed by atoms with E-state index in [0.29, 0.717) is 35.1 Å². The van der Waals surface area contributed by atoms with E-state index >= 15 is 0 Å². The van der Waals surface area contributed by atoms with Crippen LogP contribution in [0, 0.1) is 18.8 Å². The second kappa shape index (κ2) is 7.40. The number of aryl methyl sites for hydroxylation is 1. The fourth-order valence-electron chi connectivity index (χ4n) is 4.11. The summed E-state index contributed by atoms with van der Waals surface area (Å²) in [5, 5.41) is 14.3. The Labute approximate surface area is 156 Å². The van der Waals surface area contributed by atoms with E-state index < -0.39 is 0 Å². The first-order chi connectivity index (χ1) is 12.6. The van der Waals surface area contributed by atoms with E-state index in [2.05, 4.69) is 15.1 Å². The van der Waals surface area contributed by atoms with Crippen LogP contribution in [0.4, 0.5) is 0 Å². The SMILES string of the molecule is Cc1noc(CSCC(=O)N2C[C@H]3C[C@@H](n4ccnc4)[C@H](O)C[C@H]3C2)n1. The second-order valence-electron chi connectivity index (χ2n) is 7.16. The Morgan fingerprint density at radius 3 is 2.88 bits per heavy atom. The monoisotopic (exact) mass is 377 g/mol.